The fourth-order valence-electron chi connectivity index (χ4n) is 2.84. The number of carbonyl (C=O) groups is 1. The Kier molecular flexibility index (Phi) is 6.51. The van der Waals surface area contributed by atoms with Crippen molar-refractivity contribution in [2.24, 2.45) is 0 Å². The number of sulfonamides is 1. The van der Waals surface area contributed by atoms with Crippen LogP contribution in [0.1, 0.15) is 11.1 Å². The summed E-state index contributed by atoms with van der Waals surface area (Å²) in [5.74, 6) is -0.376. The summed E-state index contributed by atoms with van der Waals surface area (Å²) < 4.78 is 32.5. The summed E-state index contributed by atoms with van der Waals surface area (Å²) in [5, 5.41) is 3.24. The zero-order valence-corrected chi connectivity index (χ0v) is 17.0. The molecule has 0 saturated carbocycles. The van der Waals surface area contributed by atoms with Crippen molar-refractivity contribution in [1.82, 2.24) is 4.31 Å². The van der Waals surface area contributed by atoms with Gasteiger partial charge in [0, 0.05) is 29.9 Å². The van der Waals surface area contributed by atoms with Crippen molar-refractivity contribution in [3.63, 3.8) is 0 Å². The predicted molar refractivity (Wildman–Crippen MR) is 110 cm³/mol. The minimum absolute atomic E-state index is 0.183. The van der Waals surface area contributed by atoms with Gasteiger partial charge in [0.25, 0.3) is 0 Å². The quantitative estimate of drug-likeness (QED) is 0.753. The van der Waals surface area contributed by atoms with Gasteiger partial charge in [0.05, 0.1) is 18.1 Å². The van der Waals surface area contributed by atoms with Crippen molar-refractivity contribution in [2.75, 3.05) is 31.6 Å². The van der Waals surface area contributed by atoms with Gasteiger partial charge >= 0.3 is 0 Å². The molecule has 1 saturated heterocycles. The Hall–Kier alpha value is -2.19. The molecule has 0 aromatic heterocycles. The van der Waals surface area contributed by atoms with Crippen LogP contribution in [-0.2, 0) is 19.6 Å². The standard InChI is InChI=1S/C20H21ClN2O4S/c1-15-6-8-17(14-19(15)28(25,26)23-10-12-27-13-11-23)22-20(24)9-7-16-4-2-3-5-18(16)21/h2-9,14H,10-13H2,1H3,(H,22,24)/b9-7+. The monoisotopic (exact) mass is 420 g/mol. The molecule has 6 nitrogen and oxygen atoms in total. The Morgan fingerprint density at radius 3 is 2.61 bits per heavy atom. The predicted octanol–water partition coefficient (Wildman–Crippen LogP) is 3.32. The highest BCUT2D eigenvalue weighted by Gasteiger charge is 2.28. The molecular formula is C20H21ClN2O4S. The maximum absolute atomic E-state index is 12.9. The van der Waals surface area contributed by atoms with Gasteiger partial charge in [0.15, 0.2) is 0 Å². The second-order valence-electron chi connectivity index (χ2n) is 6.34. The van der Waals surface area contributed by atoms with E-state index in [1.807, 2.05) is 12.1 Å². The maximum Gasteiger partial charge on any atom is 0.248 e. The van der Waals surface area contributed by atoms with Crippen molar-refractivity contribution in [1.29, 1.82) is 0 Å². The fourth-order valence-corrected chi connectivity index (χ4v) is 4.70. The molecule has 2 aromatic carbocycles. The number of anilines is 1. The Morgan fingerprint density at radius 1 is 1.18 bits per heavy atom. The Bertz CT molecular complexity index is 999. The van der Waals surface area contributed by atoms with E-state index in [0.717, 1.165) is 5.56 Å². The molecule has 2 aromatic rings. The van der Waals surface area contributed by atoms with Crippen LogP contribution >= 0.6 is 11.6 Å². The number of benzene rings is 2. The molecule has 0 aliphatic carbocycles. The molecule has 1 aliphatic rings. The lowest BCUT2D eigenvalue weighted by atomic mass is 10.2. The topological polar surface area (TPSA) is 75.7 Å². The van der Waals surface area contributed by atoms with Gasteiger partial charge in [-0.2, -0.15) is 4.31 Å². The zero-order valence-electron chi connectivity index (χ0n) is 15.4. The molecular weight excluding hydrogens is 400 g/mol. The van der Waals surface area contributed by atoms with Gasteiger partial charge in [-0.1, -0.05) is 35.9 Å². The lowest BCUT2D eigenvalue weighted by molar-refractivity contribution is -0.111. The lowest BCUT2D eigenvalue weighted by Crippen LogP contribution is -2.40. The molecule has 0 spiro atoms. The molecule has 3 rings (SSSR count). The van der Waals surface area contributed by atoms with E-state index in [9.17, 15) is 13.2 Å². The smallest absolute Gasteiger partial charge is 0.248 e. The molecule has 28 heavy (non-hydrogen) atoms. The fraction of sp³-hybridized carbons (Fsp3) is 0.250. The number of aryl methyl sites for hydroxylation is 1. The summed E-state index contributed by atoms with van der Waals surface area (Å²) >= 11 is 6.07. The molecule has 0 atom stereocenters. The first kappa shape index (κ1) is 20.5. The molecule has 1 amide bonds. The number of nitrogens with one attached hydrogen (secondary N) is 1. The number of nitrogens with zero attached hydrogens (tertiary/aromatic N) is 1. The number of carbonyl (C=O) groups excluding carboxylic acids is 1. The van der Waals surface area contributed by atoms with Crippen LogP contribution < -0.4 is 5.32 Å². The SMILES string of the molecule is Cc1ccc(NC(=O)/C=C/c2ccccc2Cl)cc1S(=O)(=O)N1CCOCC1. The van der Waals surface area contributed by atoms with Gasteiger partial charge in [-0.05, 0) is 42.3 Å². The Morgan fingerprint density at radius 2 is 1.89 bits per heavy atom. The first-order valence-corrected chi connectivity index (χ1v) is 10.6. The Balaban J connectivity index is 1.77. The number of morpholine rings is 1. The highest BCUT2D eigenvalue weighted by molar-refractivity contribution is 7.89. The van der Waals surface area contributed by atoms with Crippen LogP contribution in [0.4, 0.5) is 5.69 Å². The number of rotatable bonds is 5. The van der Waals surface area contributed by atoms with Crippen molar-refractivity contribution >= 4 is 39.3 Å². The number of halogens is 1. The molecule has 148 valence electrons. The van der Waals surface area contributed by atoms with E-state index in [1.165, 1.54) is 16.4 Å². The van der Waals surface area contributed by atoms with Crippen molar-refractivity contribution in [3.8, 4) is 0 Å². The third kappa shape index (κ3) is 4.80. The molecule has 0 unspecified atom stereocenters. The van der Waals surface area contributed by atoms with Gasteiger partial charge < -0.3 is 10.1 Å². The first-order valence-electron chi connectivity index (χ1n) is 8.80. The second-order valence-corrected chi connectivity index (χ2v) is 8.65. The van der Waals surface area contributed by atoms with Gasteiger partial charge in [-0.3, -0.25) is 4.79 Å². The third-order valence-electron chi connectivity index (χ3n) is 4.36. The van der Waals surface area contributed by atoms with Gasteiger partial charge in [0.1, 0.15) is 0 Å². The zero-order chi connectivity index (χ0) is 20.1. The van der Waals surface area contributed by atoms with Crippen LogP contribution in [0, 0.1) is 6.92 Å². The van der Waals surface area contributed by atoms with Crippen LogP contribution in [0.2, 0.25) is 5.02 Å². The summed E-state index contributed by atoms with van der Waals surface area (Å²) in [6.07, 6.45) is 2.97. The van der Waals surface area contributed by atoms with E-state index in [-0.39, 0.29) is 10.8 Å². The first-order chi connectivity index (χ1) is 13.4. The van der Waals surface area contributed by atoms with Crippen LogP contribution in [0.5, 0.6) is 0 Å². The highest BCUT2D eigenvalue weighted by Crippen LogP contribution is 2.24. The Labute approximate surface area is 169 Å². The summed E-state index contributed by atoms with van der Waals surface area (Å²) in [5.41, 5.74) is 1.75. The second kappa shape index (κ2) is 8.87. The highest BCUT2D eigenvalue weighted by atomic mass is 35.5. The molecule has 1 fully saturated rings. The van der Waals surface area contributed by atoms with Gasteiger partial charge in [-0.15, -0.1) is 0 Å². The molecule has 0 radical (unpaired) electrons. The van der Waals surface area contributed by atoms with Gasteiger partial charge in [0.2, 0.25) is 15.9 Å². The molecule has 0 bridgehead atoms. The number of hydrogen-bond acceptors (Lipinski definition) is 4. The van der Waals surface area contributed by atoms with Crippen molar-refractivity contribution in [3.05, 3.63) is 64.7 Å². The third-order valence-corrected chi connectivity index (χ3v) is 6.75. The van der Waals surface area contributed by atoms with Crippen LogP contribution in [0.3, 0.4) is 0 Å². The molecule has 1 heterocycles. The number of hydrogen-bond donors (Lipinski definition) is 1. The van der Waals surface area contributed by atoms with E-state index in [1.54, 1.807) is 37.3 Å². The minimum Gasteiger partial charge on any atom is -0.379 e. The minimum atomic E-state index is -3.65. The maximum atomic E-state index is 12.9. The van der Waals surface area contributed by atoms with E-state index in [0.29, 0.717) is 42.6 Å². The van der Waals surface area contributed by atoms with E-state index < -0.39 is 10.0 Å². The van der Waals surface area contributed by atoms with E-state index >= 15 is 0 Å². The van der Waals surface area contributed by atoms with Crippen LogP contribution in [-0.4, -0.2) is 44.9 Å². The summed E-state index contributed by atoms with van der Waals surface area (Å²) in [6, 6.07) is 12.0. The average Bonchev–Trinajstić information content (AvgIpc) is 2.69. The van der Waals surface area contributed by atoms with Crippen LogP contribution in [0.25, 0.3) is 6.08 Å². The van der Waals surface area contributed by atoms with E-state index in [4.69, 9.17) is 16.3 Å². The normalized spacial score (nSPS) is 15.6. The average molecular weight is 421 g/mol. The molecule has 8 heteroatoms. The van der Waals surface area contributed by atoms with Crippen molar-refractivity contribution in [2.45, 2.75) is 11.8 Å². The van der Waals surface area contributed by atoms with E-state index in [2.05, 4.69) is 5.32 Å². The lowest BCUT2D eigenvalue weighted by Gasteiger charge is -2.26. The number of amides is 1. The van der Waals surface area contributed by atoms with Crippen LogP contribution in [0.15, 0.2) is 53.4 Å². The van der Waals surface area contributed by atoms with Crippen molar-refractivity contribution < 1.29 is 17.9 Å². The van der Waals surface area contributed by atoms with Gasteiger partial charge in [-0.25, -0.2) is 8.42 Å². The summed E-state index contributed by atoms with van der Waals surface area (Å²) in [6.45, 7) is 3.12. The molecule has 1 aliphatic heterocycles. The summed E-state index contributed by atoms with van der Waals surface area (Å²) in [7, 11) is -3.65. The summed E-state index contributed by atoms with van der Waals surface area (Å²) in [4.78, 5) is 12.4. The molecule has 1 N–H and O–H groups in total. The number of ether oxygens (including phenoxy) is 1. The largest absolute Gasteiger partial charge is 0.379 e.